The van der Waals surface area contributed by atoms with E-state index in [4.69, 9.17) is 0 Å². The summed E-state index contributed by atoms with van der Waals surface area (Å²) in [5.41, 5.74) is 1.34. The van der Waals surface area contributed by atoms with Gasteiger partial charge in [0, 0.05) is 5.70 Å². The van der Waals surface area contributed by atoms with Gasteiger partial charge in [0.05, 0.1) is 12.0 Å². The standard InChI is InChI=1S/C11H14N2/c1-5-7-8-11(4)13-9-12-10(3)6-2/h5-9H,1-4H2,(H,12,13)/b8-7-. The van der Waals surface area contributed by atoms with Crippen molar-refractivity contribution in [2.24, 2.45) is 4.99 Å². The molecule has 68 valence electrons. The number of allylic oxidation sites excluding steroid dienone is 4. The Morgan fingerprint density at radius 2 is 1.92 bits per heavy atom. The molecule has 0 spiro atoms. The Labute approximate surface area is 79.4 Å². The molecule has 1 N–H and O–H groups in total. The Morgan fingerprint density at radius 3 is 2.46 bits per heavy atom. The predicted octanol–water partition coefficient (Wildman–Crippen LogP) is 2.56. The fourth-order valence-electron chi connectivity index (χ4n) is 0.479. The van der Waals surface area contributed by atoms with Crippen LogP contribution in [0.15, 0.2) is 67.0 Å². The van der Waals surface area contributed by atoms with Crippen LogP contribution in [0.1, 0.15) is 0 Å². The van der Waals surface area contributed by atoms with Gasteiger partial charge in [-0.05, 0) is 12.2 Å². The summed E-state index contributed by atoms with van der Waals surface area (Å²) in [4.78, 5) is 3.98. The van der Waals surface area contributed by atoms with E-state index in [1.165, 1.54) is 6.34 Å². The molecule has 0 atom stereocenters. The third-order valence-electron chi connectivity index (χ3n) is 1.15. The number of hydrogen-bond donors (Lipinski definition) is 1. The lowest BCUT2D eigenvalue weighted by atomic mass is 10.4. The summed E-state index contributed by atoms with van der Waals surface area (Å²) < 4.78 is 0. The quantitative estimate of drug-likeness (QED) is 0.373. The van der Waals surface area contributed by atoms with Crippen molar-refractivity contribution in [2.75, 3.05) is 0 Å². The first-order valence-corrected chi connectivity index (χ1v) is 3.79. The molecule has 0 aliphatic rings. The van der Waals surface area contributed by atoms with E-state index in [1.807, 2.05) is 0 Å². The van der Waals surface area contributed by atoms with Crippen LogP contribution in [0.2, 0.25) is 0 Å². The van der Waals surface area contributed by atoms with Gasteiger partial charge in [0.1, 0.15) is 0 Å². The highest BCUT2D eigenvalue weighted by Crippen LogP contribution is 1.93. The van der Waals surface area contributed by atoms with Crippen LogP contribution in [0.3, 0.4) is 0 Å². The van der Waals surface area contributed by atoms with Crippen LogP contribution in [-0.2, 0) is 0 Å². The van der Waals surface area contributed by atoms with E-state index in [0.717, 1.165) is 0 Å². The lowest BCUT2D eigenvalue weighted by molar-refractivity contribution is 1.21. The van der Waals surface area contributed by atoms with Crippen molar-refractivity contribution in [2.45, 2.75) is 0 Å². The van der Waals surface area contributed by atoms with Gasteiger partial charge in [0.15, 0.2) is 0 Å². The zero-order chi connectivity index (χ0) is 10.1. The Kier molecular flexibility index (Phi) is 5.89. The molecule has 0 aliphatic carbocycles. The molecule has 0 bridgehead atoms. The highest BCUT2D eigenvalue weighted by molar-refractivity contribution is 5.60. The second kappa shape index (κ2) is 6.85. The van der Waals surface area contributed by atoms with Crippen LogP contribution in [0.4, 0.5) is 0 Å². The zero-order valence-corrected chi connectivity index (χ0v) is 7.66. The number of nitrogens with one attached hydrogen (secondary N) is 1. The summed E-state index contributed by atoms with van der Waals surface area (Å²) in [6.45, 7) is 14.4. The Hall–Kier alpha value is -1.83. The van der Waals surface area contributed by atoms with E-state index in [-0.39, 0.29) is 0 Å². The first kappa shape index (κ1) is 11.2. The molecule has 0 saturated heterocycles. The molecule has 0 unspecified atom stereocenters. The molecule has 0 fully saturated rings. The minimum Gasteiger partial charge on any atom is -0.347 e. The Balaban J connectivity index is 3.91. The summed E-state index contributed by atoms with van der Waals surface area (Å²) in [7, 11) is 0. The molecule has 0 saturated carbocycles. The summed E-state index contributed by atoms with van der Waals surface area (Å²) in [5, 5.41) is 2.81. The summed E-state index contributed by atoms with van der Waals surface area (Å²) in [6.07, 6.45) is 8.30. The molecule has 0 heterocycles. The minimum atomic E-state index is 0.643. The summed E-state index contributed by atoms with van der Waals surface area (Å²) >= 11 is 0. The van der Waals surface area contributed by atoms with Crippen molar-refractivity contribution in [1.29, 1.82) is 0 Å². The molecule has 0 radical (unpaired) electrons. The third kappa shape index (κ3) is 6.56. The van der Waals surface area contributed by atoms with Gasteiger partial charge in [-0.3, -0.25) is 0 Å². The summed E-state index contributed by atoms with van der Waals surface area (Å²) in [5.74, 6) is 0. The second-order valence-electron chi connectivity index (χ2n) is 2.22. The average Bonchev–Trinajstić information content (AvgIpc) is 2.14. The fourth-order valence-corrected chi connectivity index (χ4v) is 0.479. The van der Waals surface area contributed by atoms with Gasteiger partial charge in [0.2, 0.25) is 0 Å². The van der Waals surface area contributed by atoms with Gasteiger partial charge in [-0.2, -0.15) is 0 Å². The third-order valence-corrected chi connectivity index (χ3v) is 1.15. The normalized spacial score (nSPS) is 10.2. The van der Waals surface area contributed by atoms with Gasteiger partial charge in [-0.25, -0.2) is 4.99 Å². The number of aliphatic imine (C=N–C) groups is 1. The first-order valence-electron chi connectivity index (χ1n) is 3.79. The van der Waals surface area contributed by atoms with Crippen molar-refractivity contribution in [1.82, 2.24) is 5.32 Å². The van der Waals surface area contributed by atoms with Crippen molar-refractivity contribution in [3.8, 4) is 0 Å². The van der Waals surface area contributed by atoms with Gasteiger partial charge in [0.25, 0.3) is 0 Å². The Bertz CT molecular complexity index is 270. The maximum Gasteiger partial charge on any atom is 0.0929 e. The van der Waals surface area contributed by atoms with Crippen LogP contribution < -0.4 is 5.32 Å². The highest BCUT2D eigenvalue weighted by atomic mass is 14.9. The number of hydrogen-bond acceptors (Lipinski definition) is 1. The first-order chi connectivity index (χ1) is 6.20. The lowest BCUT2D eigenvalue weighted by Gasteiger charge is -1.95. The molecular formula is C11H14N2. The van der Waals surface area contributed by atoms with Crippen LogP contribution in [-0.4, -0.2) is 6.34 Å². The molecule has 0 rings (SSSR count). The molecule has 0 aromatic heterocycles. The molecule has 0 aromatic rings. The monoisotopic (exact) mass is 174 g/mol. The topological polar surface area (TPSA) is 24.4 Å². The lowest BCUT2D eigenvalue weighted by Crippen LogP contribution is -2.06. The maximum absolute atomic E-state index is 3.98. The molecule has 0 amide bonds. The Morgan fingerprint density at radius 1 is 1.23 bits per heavy atom. The van der Waals surface area contributed by atoms with Crippen molar-refractivity contribution in [3.05, 3.63) is 62.0 Å². The van der Waals surface area contributed by atoms with Gasteiger partial charge in [-0.1, -0.05) is 38.5 Å². The van der Waals surface area contributed by atoms with E-state index in [0.29, 0.717) is 11.4 Å². The van der Waals surface area contributed by atoms with Crippen LogP contribution in [0.25, 0.3) is 0 Å². The molecular weight excluding hydrogens is 160 g/mol. The van der Waals surface area contributed by atoms with Crippen molar-refractivity contribution < 1.29 is 0 Å². The molecule has 13 heavy (non-hydrogen) atoms. The second-order valence-corrected chi connectivity index (χ2v) is 2.22. The molecule has 0 aromatic carbocycles. The van der Waals surface area contributed by atoms with E-state index in [9.17, 15) is 0 Å². The van der Waals surface area contributed by atoms with E-state index in [2.05, 4.69) is 36.6 Å². The van der Waals surface area contributed by atoms with Crippen molar-refractivity contribution in [3.63, 3.8) is 0 Å². The fraction of sp³-hybridized carbons (Fsp3) is 0. The van der Waals surface area contributed by atoms with Crippen LogP contribution in [0.5, 0.6) is 0 Å². The van der Waals surface area contributed by atoms with Crippen molar-refractivity contribution >= 4 is 6.34 Å². The van der Waals surface area contributed by atoms with Crippen LogP contribution in [0, 0.1) is 0 Å². The van der Waals surface area contributed by atoms with E-state index in [1.54, 1.807) is 24.3 Å². The van der Waals surface area contributed by atoms with Gasteiger partial charge < -0.3 is 5.32 Å². The zero-order valence-electron chi connectivity index (χ0n) is 7.66. The molecule has 0 aliphatic heterocycles. The smallest absolute Gasteiger partial charge is 0.0929 e. The van der Waals surface area contributed by atoms with Crippen LogP contribution >= 0.6 is 0 Å². The number of nitrogens with zero attached hydrogens (tertiary/aromatic N) is 1. The predicted molar refractivity (Wildman–Crippen MR) is 59.4 cm³/mol. The highest BCUT2D eigenvalue weighted by Gasteiger charge is 1.80. The minimum absolute atomic E-state index is 0.643. The molecule has 2 nitrogen and oxygen atoms in total. The SMILES string of the molecule is C=C/C=C\C(=C)/N=C\NC(=C)C=C. The number of rotatable bonds is 6. The van der Waals surface area contributed by atoms with Gasteiger partial charge in [-0.15, -0.1) is 0 Å². The average molecular weight is 174 g/mol. The maximum atomic E-state index is 3.98. The van der Waals surface area contributed by atoms with E-state index < -0.39 is 0 Å². The molecule has 2 heteroatoms. The largest absolute Gasteiger partial charge is 0.347 e. The summed E-state index contributed by atoms with van der Waals surface area (Å²) in [6, 6.07) is 0. The van der Waals surface area contributed by atoms with E-state index >= 15 is 0 Å². The van der Waals surface area contributed by atoms with Gasteiger partial charge >= 0.3 is 0 Å².